The lowest BCUT2D eigenvalue weighted by molar-refractivity contribution is -0.524. The van der Waals surface area contributed by atoms with Crippen LogP contribution in [0, 0.1) is 10.1 Å². The molecule has 0 aromatic carbocycles. The Kier molecular flexibility index (Phi) is 17.4. The van der Waals surface area contributed by atoms with Gasteiger partial charge in [0, 0.05) is 89.6 Å². The zero-order chi connectivity index (χ0) is 28.3. The lowest BCUT2D eigenvalue weighted by Crippen LogP contribution is -2.50. The molecule has 40 heavy (non-hydrogen) atoms. The molecule has 5 rings (SSSR count). The predicted octanol–water partition coefficient (Wildman–Crippen LogP) is -0.539. The molecule has 0 aromatic rings. The van der Waals surface area contributed by atoms with E-state index in [1.165, 1.54) is 19.3 Å². The van der Waals surface area contributed by atoms with Crippen LogP contribution >= 0.6 is 0 Å². The van der Waals surface area contributed by atoms with Crippen LogP contribution in [-0.4, -0.2) is 181 Å². The average Bonchev–Trinajstić information content (AvgIpc) is 3.00. The molecule has 5 aliphatic rings. The quantitative estimate of drug-likeness (QED) is 0.281. The van der Waals surface area contributed by atoms with Gasteiger partial charge in [0.05, 0.1) is 65.9 Å². The summed E-state index contributed by atoms with van der Waals surface area (Å²) in [7, 11) is 0. The van der Waals surface area contributed by atoms with Crippen LogP contribution in [0.5, 0.6) is 0 Å². The Morgan fingerprint density at radius 2 is 0.825 bits per heavy atom. The number of ether oxygens (including phenoxy) is 5. The number of nitrogens with two attached hydrogens (primary N) is 1. The number of morpholine rings is 4. The first-order valence-electron chi connectivity index (χ1n) is 15.3. The zero-order valence-corrected chi connectivity index (χ0v) is 24.5. The van der Waals surface area contributed by atoms with Gasteiger partial charge < -0.3 is 29.4 Å². The molecular weight excluding hydrogens is 520 g/mol. The summed E-state index contributed by atoms with van der Waals surface area (Å²) in [6, 6.07) is -0.266. The average molecular weight is 575 g/mol. The van der Waals surface area contributed by atoms with Gasteiger partial charge in [0.25, 0.3) is 0 Å². The van der Waals surface area contributed by atoms with Gasteiger partial charge in [0.2, 0.25) is 6.04 Å². The second-order valence-electron chi connectivity index (χ2n) is 11.0. The molecule has 0 saturated carbocycles. The van der Waals surface area contributed by atoms with Gasteiger partial charge in [-0.25, -0.2) is 0 Å². The maximum atomic E-state index is 11.1. The van der Waals surface area contributed by atoms with Crippen molar-refractivity contribution in [2.45, 2.75) is 31.3 Å². The SMILES string of the molecule is C1CCOCC1.NC(CN1CCOCC1)CN1CCOCC1.O=[N+]([O-])C(CN1CCOCC1)CN1CCOCC1. The van der Waals surface area contributed by atoms with E-state index in [0.717, 1.165) is 105 Å². The third-order valence-corrected chi connectivity index (χ3v) is 7.71. The van der Waals surface area contributed by atoms with Crippen LogP contribution in [-0.2, 0) is 23.7 Å². The summed E-state index contributed by atoms with van der Waals surface area (Å²) in [5.41, 5.74) is 6.17. The lowest BCUT2D eigenvalue weighted by Gasteiger charge is -2.33. The molecule has 13 nitrogen and oxygen atoms in total. The highest BCUT2D eigenvalue weighted by molar-refractivity contribution is 4.76. The van der Waals surface area contributed by atoms with Crippen molar-refractivity contribution in [3.63, 3.8) is 0 Å². The van der Waals surface area contributed by atoms with Gasteiger partial charge >= 0.3 is 0 Å². The lowest BCUT2D eigenvalue weighted by atomic mass is 10.2. The Labute approximate surface area is 240 Å². The van der Waals surface area contributed by atoms with Crippen LogP contribution in [0.3, 0.4) is 0 Å². The van der Waals surface area contributed by atoms with E-state index in [1.807, 2.05) is 0 Å². The second kappa shape index (κ2) is 20.8. The third kappa shape index (κ3) is 14.8. The number of nitro groups is 1. The van der Waals surface area contributed by atoms with Crippen molar-refractivity contribution in [2.24, 2.45) is 5.73 Å². The molecule has 5 fully saturated rings. The highest BCUT2D eigenvalue weighted by atomic mass is 16.6. The fraction of sp³-hybridized carbons (Fsp3) is 1.00. The van der Waals surface area contributed by atoms with Gasteiger partial charge in [-0.1, -0.05) is 0 Å². The van der Waals surface area contributed by atoms with Gasteiger partial charge in [-0.05, 0) is 19.3 Å². The van der Waals surface area contributed by atoms with Crippen LogP contribution < -0.4 is 5.73 Å². The summed E-state index contributed by atoms with van der Waals surface area (Å²) in [4.78, 5) is 20.0. The Hall–Kier alpha value is -1.00. The van der Waals surface area contributed by atoms with Crippen LogP contribution in [0.15, 0.2) is 0 Å². The molecule has 2 N–H and O–H groups in total. The molecule has 5 heterocycles. The Balaban J connectivity index is 0.000000184. The van der Waals surface area contributed by atoms with Crippen LogP contribution in [0.2, 0.25) is 0 Å². The van der Waals surface area contributed by atoms with Crippen molar-refractivity contribution in [3.05, 3.63) is 10.1 Å². The molecule has 234 valence electrons. The second-order valence-corrected chi connectivity index (χ2v) is 11.0. The van der Waals surface area contributed by atoms with Gasteiger partial charge in [-0.3, -0.25) is 29.7 Å². The van der Waals surface area contributed by atoms with Crippen LogP contribution in [0.4, 0.5) is 0 Å². The molecule has 5 aliphatic heterocycles. The monoisotopic (exact) mass is 574 g/mol. The fourth-order valence-electron chi connectivity index (χ4n) is 5.33. The van der Waals surface area contributed by atoms with Gasteiger partial charge in [-0.15, -0.1) is 0 Å². The maximum Gasteiger partial charge on any atom is 0.238 e. The van der Waals surface area contributed by atoms with Crippen LogP contribution in [0.1, 0.15) is 19.3 Å². The van der Waals surface area contributed by atoms with E-state index in [9.17, 15) is 10.1 Å². The Bertz CT molecular complexity index is 587. The molecular formula is C27H54N6O7. The van der Waals surface area contributed by atoms with Gasteiger partial charge in [0.1, 0.15) is 0 Å². The number of rotatable bonds is 9. The molecule has 0 amide bonds. The van der Waals surface area contributed by atoms with Gasteiger partial charge in [-0.2, -0.15) is 0 Å². The molecule has 0 radical (unpaired) electrons. The standard InChI is InChI=1S/C11H21N3O4.C11H23N3O2.C5H10O/c15-14(16)11(9-12-1-5-17-6-2-12)10-13-3-7-18-8-4-13;12-11(9-13-1-5-15-6-2-13)10-14-3-7-16-8-4-14;1-2-4-6-5-3-1/h11H,1-10H2;11H,1-10,12H2;1-5H2. The van der Waals surface area contributed by atoms with E-state index < -0.39 is 6.04 Å². The first-order valence-corrected chi connectivity index (χ1v) is 15.3. The molecule has 5 saturated heterocycles. The summed E-state index contributed by atoms with van der Waals surface area (Å²) < 4.78 is 26.2. The van der Waals surface area contributed by atoms with E-state index in [-0.39, 0.29) is 11.0 Å². The molecule has 0 atom stereocenters. The van der Waals surface area contributed by atoms with E-state index in [0.29, 0.717) is 39.5 Å². The first-order chi connectivity index (χ1) is 19.6. The summed E-state index contributed by atoms with van der Waals surface area (Å²) in [5, 5.41) is 11.1. The molecule has 0 bridgehead atoms. The number of hydrogen-bond donors (Lipinski definition) is 1. The molecule has 13 heteroatoms. The first kappa shape index (κ1) is 33.5. The molecule has 0 aliphatic carbocycles. The summed E-state index contributed by atoms with van der Waals surface area (Å²) in [5.74, 6) is 0. The van der Waals surface area contributed by atoms with Crippen molar-refractivity contribution < 1.29 is 28.6 Å². The maximum absolute atomic E-state index is 11.1. The summed E-state index contributed by atoms with van der Waals surface area (Å²) >= 11 is 0. The third-order valence-electron chi connectivity index (χ3n) is 7.71. The summed E-state index contributed by atoms with van der Waals surface area (Å²) in [6.45, 7) is 18.4. The van der Waals surface area contributed by atoms with Crippen molar-refractivity contribution in [3.8, 4) is 0 Å². The Morgan fingerprint density at radius 1 is 0.525 bits per heavy atom. The van der Waals surface area contributed by atoms with Crippen LogP contribution in [0.25, 0.3) is 0 Å². The van der Waals surface area contributed by atoms with Crippen molar-refractivity contribution in [1.29, 1.82) is 0 Å². The van der Waals surface area contributed by atoms with Crippen molar-refractivity contribution in [2.75, 3.05) is 145 Å². The number of nitrogens with zero attached hydrogens (tertiary/aromatic N) is 5. The zero-order valence-electron chi connectivity index (χ0n) is 24.5. The van der Waals surface area contributed by atoms with E-state index in [2.05, 4.69) is 19.6 Å². The van der Waals surface area contributed by atoms with Crippen molar-refractivity contribution >= 4 is 0 Å². The molecule has 0 unspecified atom stereocenters. The van der Waals surface area contributed by atoms with E-state index in [4.69, 9.17) is 29.4 Å². The molecule has 0 aromatic heterocycles. The van der Waals surface area contributed by atoms with E-state index >= 15 is 0 Å². The topological polar surface area (TPSA) is 128 Å². The minimum atomic E-state index is -0.513. The van der Waals surface area contributed by atoms with E-state index in [1.54, 1.807) is 0 Å². The minimum absolute atomic E-state index is 0.148. The van der Waals surface area contributed by atoms with Gasteiger partial charge in [0.15, 0.2) is 0 Å². The highest BCUT2D eigenvalue weighted by Gasteiger charge is 2.28. The molecule has 0 spiro atoms. The van der Waals surface area contributed by atoms with Crippen molar-refractivity contribution in [1.82, 2.24) is 19.6 Å². The Morgan fingerprint density at radius 3 is 1.07 bits per heavy atom. The fourth-order valence-corrected chi connectivity index (χ4v) is 5.33. The summed E-state index contributed by atoms with van der Waals surface area (Å²) in [6.07, 6.45) is 3.93. The predicted molar refractivity (Wildman–Crippen MR) is 152 cm³/mol. The largest absolute Gasteiger partial charge is 0.381 e. The smallest absolute Gasteiger partial charge is 0.238 e. The minimum Gasteiger partial charge on any atom is -0.381 e. The number of hydrogen-bond acceptors (Lipinski definition) is 12. The normalized spacial score (nSPS) is 24.2. The highest BCUT2D eigenvalue weighted by Crippen LogP contribution is 2.06.